The summed E-state index contributed by atoms with van der Waals surface area (Å²) in [6.45, 7) is 3.82. The first kappa shape index (κ1) is 15.8. The molecule has 1 aliphatic rings. The number of sulfone groups is 1. The number of hydrogen-bond donors (Lipinski definition) is 1. The van der Waals surface area contributed by atoms with Gasteiger partial charge in [0.2, 0.25) is 0 Å². The van der Waals surface area contributed by atoms with Crippen LogP contribution in [0.15, 0.2) is 29.2 Å². The highest BCUT2D eigenvalue weighted by molar-refractivity contribution is 7.91. The van der Waals surface area contributed by atoms with Crippen LogP contribution in [0.5, 0.6) is 0 Å². The summed E-state index contributed by atoms with van der Waals surface area (Å²) in [6.07, 6.45) is 2.22. The van der Waals surface area contributed by atoms with E-state index >= 15 is 0 Å². The second kappa shape index (κ2) is 5.67. The molecule has 0 saturated carbocycles. The zero-order valence-corrected chi connectivity index (χ0v) is 13.2. The van der Waals surface area contributed by atoms with Crippen molar-refractivity contribution in [2.75, 3.05) is 17.2 Å². The molecule has 1 saturated heterocycles. The number of hydrogen-bond acceptors (Lipinski definition) is 4. The van der Waals surface area contributed by atoms with Crippen LogP contribution in [0.25, 0.3) is 0 Å². The minimum absolute atomic E-state index is 0.00163. The molecule has 0 aromatic heterocycles. The Morgan fingerprint density at radius 1 is 1.33 bits per heavy atom. The molecule has 1 fully saturated rings. The monoisotopic (exact) mass is 311 g/mol. The first-order chi connectivity index (χ1) is 9.83. The third-order valence-corrected chi connectivity index (χ3v) is 6.00. The third kappa shape index (κ3) is 2.77. The first-order valence-electron chi connectivity index (χ1n) is 7.16. The van der Waals surface area contributed by atoms with Gasteiger partial charge in [0, 0.05) is 6.54 Å². The largest absolute Gasteiger partial charge is 0.480 e. The van der Waals surface area contributed by atoms with Crippen molar-refractivity contribution in [3.05, 3.63) is 24.3 Å². The number of nitrogens with zero attached hydrogens (tertiary/aromatic N) is 1. The number of carboxylic acids is 1. The maximum absolute atomic E-state index is 12.3. The summed E-state index contributed by atoms with van der Waals surface area (Å²) in [7, 11) is -3.39. The van der Waals surface area contributed by atoms with E-state index in [1.165, 1.54) is 0 Å². The number of benzene rings is 1. The van der Waals surface area contributed by atoms with Crippen LogP contribution >= 0.6 is 0 Å². The highest BCUT2D eigenvalue weighted by Gasteiger charge is 2.42. The fourth-order valence-corrected chi connectivity index (χ4v) is 3.92. The van der Waals surface area contributed by atoms with Crippen molar-refractivity contribution < 1.29 is 18.3 Å². The van der Waals surface area contributed by atoms with Crippen LogP contribution in [-0.2, 0) is 14.6 Å². The van der Waals surface area contributed by atoms with Gasteiger partial charge in [-0.3, -0.25) is 0 Å². The molecule has 1 heterocycles. The van der Waals surface area contributed by atoms with E-state index in [1.54, 1.807) is 43.0 Å². The van der Waals surface area contributed by atoms with Gasteiger partial charge >= 0.3 is 5.97 Å². The van der Waals surface area contributed by atoms with Gasteiger partial charge in [0.1, 0.15) is 5.54 Å². The number of carbonyl (C=O) groups is 1. The van der Waals surface area contributed by atoms with E-state index < -0.39 is 21.3 Å². The van der Waals surface area contributed by atoms with Gasteiger partial charge in [-0.1, -0.05) is 19.1 Å². The topological polar surface area (TPSA) is 74.7 Å². The van der Waals surface area contributed by atoms with E-state index in [0.717, 1.165) is 12.8 Å². The van der Waals surface area contributed by atoms with E-state index in [9.17, 15) is 18.3 Å². The second-order valence-corrected chi connectivity index (χ2v) is 7.81. The zero-order valence-electron chi connectivity index (χ0n) is 12.4. The van der Waals surface area contributed by atoms with Crippen molar-refractivity contribution in [1.29, 1.82) is 0 Å². The quantitative estimate of drug-likeness (QED) is 0.923. The number of anilines is 1. The lowest BCUT2D eigenvalue weighted by Crippen LogP contribution is -2.55. The molecule has 0 bridgehead atoms. The van der Waals surface area contributed by atoms with Gasteiger partial charge < -0.3 is 10.0 Å². The van der Waals surface area contributed by atoms with Gasteiger partial charge in [-0.15, -0.1) is 0 Å². The standard InChI is InChI=1S/C15H21NO4S/c1-3-21(19,20)13-9-5-4-8-12(13)16-11-7-6-10-15(16,2)14(17)18/h4-5,8-9H,3,6-7,10-11H2,1-2H3,(H,17,18). The van der Waals surface area contributed by atoms with Gasteiger partial charge in [0.25, 0.3) is 0 Å². The van der Waals surface area contributed by atoms with Crippen LogP contribution in [0.1, 0.15) is 33.1 Å². The molecule has 5 nitrogen and oxygen atoms in total. The van der Waals surface area contributed by atoms with Crippen LogP contribution in [0, 0.1) is 0 Å². The van der Waals surface area contributed by atoms with Crippen LogP contribution in [-0.4, -0.2) is 37.3 Å². The summed E-state index contributed by atoms with van der Waals surface area (Å²) in [5, 5.41) is 9.59. The van der Waals surface area contributed by atoms with Gasteiger partial charge in [-0.2, -0.15) is 0 Å². The maximum Gasteiger partial charge on any atom is 0.329 e. The summed E-state index contributed by atoms with van der Waals surface area (Å²) in [5.41, 5.74) is -0.554. The van der Waals surface area contributed by atoms with Crippen LogP contribution in [0.3, 0.4) is 0 Å². The molecule has 21 heavy (non-hydrogen) atoms. The zero-order chi connectivity index (χ0) is 15.7. The average molecular weight is 311 g/mol. The molecule has 1 aliphatic heterocycles. The summed E-state index contributed by atoms with van der Waals surface area (Å²) in [5.74, 6) is -0.910. The molecule has 1 unspecified atom stereocenters. The molecular weight excluding hydrogens is 290 g/mol. The Kier molecular flexibility index (Phi) is 4.27. The molecule has 0 spiro atoms. The summed E-state index contributed by atoms with van der Waals surface area (Å²) >= 11 is 0. The SMILES string of the molecule is CCS(=O)(=O)c1ccccc1N1CCCCC1(C)C(=O)O. The molecular formula is C15H21NO4S. The van der Waals surface area contributed by atoms with E-state index in [-0.39, 0.29) is 10.6 Å². The van der Waals surface area contributed by atoms with Gasteiger partial charge in [-0.25, -0.2) is 13.2 Å². The minimum atomic E-state index is -3.39. The van der Waals surface area contributed by atoms with Crippen LogP contribution < -0.4 is 4.90 Å². The molecule has 2 rings (SSSR count). The number of piperidine rings is 1. The van der Waals surface area contributed by atoms with E-state index in [2.05, 4.69) is 0 Å². The van der Waals surface area contributed by atoms with Crippen molar-refractivity contribution in [3.63, 3.8) is 0 Å². The summed E-state index contributed by atoms with van der Waals surface area (Å²) in [4.78, 5) is 13.7. The van der Waals surface area contributed by atoms with Crippen LogP contribution in [0.2, 0.25) is 0 Å². The van der Waals surface area contributed by atoms with Gasteiger partial charge in [0.15, 0.2) is 9.84 Å². The summed E-state index contributed by atoms with van der Waals surface area (Å²) < 4.78 is 24.5. The average Bonchev–Trinajstić information content (AvgIpc) is 2.47. The Balaban J connectivity index is 2.58. The number of aliphatic carboxylic acids is 1. The van der Waals surface area contributed by atoms with E-state index in [1.807, 2.05) is 0 Å². The highest BCUT2D eigenvalue weighted by atomic mass is 32.2. The summed E-state index contributed by atoms with van der Waals surface area (Å²) in [6, 6.07) is 6.69. The molecule has 1 atom stereocenters. The number of para-hydroxylation sites is 1. The Morgan fingerprint density at radius 2 is 2.00 bits per heavy atom. The molecule has 0 radical (unpaired) electrons. The molecule has 0 aliphatic carbocycles. The Bertz CT molecular complexity index is 641. The molecule has 116 valence electrons. The fraction of sp³-hybridized carbons (Fsp3) is 0.533. The Hall–Kier alpha value is -1.56. The first-order valence-corrected chi connectivity index (χ1v) is 8.81. The van der Waals surface area contributed by atoms with Crippen molar-refractivity contribution in [1.82, 2.24) is 0 Å². The minimum Gasteiger partial charge on any atom is -0.480 e. The third-order valence-electron chi connectivity index (χ3n) is 4.22. The van der Waals surface area contributed by atoms with Gasteiger partial charge in [0.05, 0.1) is 16.3 Å². The Morgan fingerprint density at radius 3 is 2.62 bits per heavy atom. The molecule has 1 N–H and O–H groups in total. The smallest absolute Gasteiger partial charge is 0.329 e. The van der Waals surface area contributed by atoms with E-state index in [4.69, 9.17) is 0 Å². The van der Waals surface area contributed by atoms with Crippen molar-refractivity contribution in [3.8, 4) is 0 Å². The van der Waals surface area contributed by atoms with E-state index in [0.29, 0.717) is 18.7 Å². The maximum atomic E-state index is 12.3. The molecule has 1 aromatic carbocycles. The number of rotatable bonds is 4. The predicted molar refractivity (Wildman–Crippen MR) is 81.4 cm³/mol. The normalized spacial score (nSPS) is 23.0. The molecule has 6 heteroatoms. The molecule has 1 aromatic rings. The lowest BCUT2D eigenvalue weighted by molar-refractivity contribution is -0.143. The second-order valence-electron chi connectivity index (χ2n) is 5.56. The van der Waals surface area contributed by atoms with Crippen molar-refractivity contribution >= 4 is 21.5 Å². The fourth-order valence-electron chi connectivity index (χ4n) is 2.83. The highest BCUT2D eigenvalue weighted by Crippen LogP contribution is 2.36. The van der Waals surface area contributed by atoms with Crippen molar-refractivity contribution in [2.45, 2.75) is 43.5 Å². The number of carboxylic acid groups (broad SMARTS) is 1. The van der Waals surface area contributed by atoms with Crippen LogP contribution in [0.4, 0.5) is 5.69 Å². The Labute approximate surface area is 125 Å². The van der Waals surface area contributed by atoms with Crippen molar-refractivity contribution in [2.24, 2.45) is 0 Å². The molecule has 0 amide bonds. The predicted octanol–water partition coefficient (Wildman–Crippen LogP) is 2.31. The lowest BCUT2D eigenvalue weighted by Gasteiger charge is -2.43. The van der Waals surface area contributed by atoms with Gasteiger partial charge in [-0.05, 0) is 38.3 Å². The lowest BCUT2D eigenvalue weighted by atomic mass is 9.88.